The molecule has 0 N–H and O–H groups in total. The third kappa shape index (κ3) is 2.64. The Morgan fingerprint density at radius 2 is 1.95 bits per heavy atom. The summed E-state index contributed by atoms with van der Waals surface area (Å²) < 4.78 is 0. The molecule has 4 nitrogen and oxygen atoms in total. The summed E-state index contributed by atoms with van der Waals surface area (Å²) in [6, 6.07) is 9.99. The van der Waals surface area contributed by atoms with Gasteiger partial charge in [-0.1, -0.05) is 18.2 Å². The number of rotatable bonds is 3. The van der Waals surface area contributed by atoms with Crippen LogP contribution in [-0.4, -0.2) is 29.7 Å². The molecule has 0 bridgehead atoms. The number of carbonyl (C=O) groups excluding carboxylic acids is 2. The van der Waals surface area contributed by atoms with E-state index in [1.54, 1.807) is 6.92 Å². The predicted molar refractivity (Wildman–Crippen MR) is 82.3 cm³/mol. The molecule has 1 aliphatic carbocycles. The Kier molecular flexibility index (Phi) is 3.74. The van der Waals surface area contributed by atoms with Crippen molar-refractivity contribution >= 4 is 11.7 Å². The van der Waals surface area contributed by atoms with E-state index in [0.29, 0.717) is 31.8 Å². The van der Waals surface area contributed by atoms with Gasteiger partial charge in [-0.05, 0) is 50.2 Å². The van der Waals surface area contributed by atoms with Crippen LogP contribution in [0.4, 0.5) is 0 Å². The molecule has 1 amide bonds. The van der Waals surface area contributed by atoms with Crippen LogP contribution >= 0.6 is 0 Å². The maximum Gasteiger partial charge on any atom is 0.243 e. The first kappa shape index (κ1) is 14.8. The molecular formula is C18H20N2O2. The van der Waals surface area contributed by atoms with Crippen molar-refractivity contribution in [2.45, 2.75) is 38.5 Å². The summed E-state index contributed by atoms with van der Waals surface area (Å²) in [6.07, 6.45) is 3.22. The molecule has 1 aromatic carbocycles. The highest BCUT2D eigenvalue weighted by molar-refractivity contribution is 5.94. The predicted octanol–water partition coefficient (Wildman–Crippen LogP) is 2.90. The number of hydrogen-bond acceptors (Lipinski definition) is 3. The second-order valence-corrected chi connectivity index (χ2v) is 6.44. The highest BCUT2D eigenvalue weighted by Crippen LogP contribution is 2.47. The Bertz CT molecular complexity index is 647. The van der Waals surface area contributed by atoms with Gasteiger partial charge in [-0.3, -0.25) is 9.59 Å². The normalized spacial score (nSPS) is 20.3. The Labute approximate surface area is 130 Å². The van der Waals surface area contributed by atoms with Crippen LogP contribution in [0, 0.1) is 16.7 Å². The fraction of sp³-hybridized carbons (Fsp3) is 0.500. The highest BCUT2D eigenvalue weighted by Gasteiger charge is 2.52. The lowest BCUT2D eigenvalue weighted by atomic mass is 9.87. The highest BCUT2D eigenvalue weighted by atomic mass is 16.2. The van der Waals surface area contributed by atoms with Crippen LogP contribution in [0.1, 0.15) is 54.4 Å². The number of benzene rings is 1. The molecule has 1 heterocycles. The maximum absolute atomic E-state index is 12.4. The van der Waals surface area contributed by atoms with E-state index in [0.717, 1.165) is 18.4 Å². The number of likely N-dealkylation sites (tertiary alicyclic amines) is 1. The Hall–Kier alpha value is -2.15. The quantitative estimate of drug-likeness (QED) is 0.806. The van der Waals surface area contributed by atoms with Gasteiger partial charge in [0.15, 0.2) is 5.78 Å². The molecule has 4 heteroatoms. The zero-order chi connectivity index (χ0) is 15.7. The number of nitrogens with zero attached hydrogens (tertiary/aromatic N) is 2. The minimum absolute atomic E-state index is 0.0194. The van der Waals surface area contributed by atoms with Crippen molar-refractivity contribution in [2.24, 2.45) is 5.41 Å². The van der Waals surface area contributed by atoms with Gasteiger partial charge in [-0.15, -0.1) is 0 Å². The molecule has 1 saturated heterocycles. The van der Waals surface area contributed by atoms with Crippen molar-refractivity contribution < 1.29 is 9.59 Å². The zero-order valence-corrected chi connectivity index (χ0v) is 12.8. The summed E-state index contributed by atoms with van der Waals surface area (Å²) in [5.74, 6) is 0.491. The molecule has 1 aliphatic heterocycles. The fourth-order valence-corrected chi connectivity index (χ4v) is 3.23. The van der Waals surface area contributed by atoms with Crippen molar-refractivity contribution in [3.05, 3.63) is 35.4 Å². The lowest BCUT2D eigenvalue weighted by molar-refractivity contribution is -0.136. The topological polar surface area (TPSA) is 61.2 Å². The summed E-state index contributed by atoms with van der Waals surface area (Å²) in [5, 5.41) is 9.14. The lowest BCUT2D eigenvalue weighted by Crippen LogP contribution is -2.41. The molecule has 0 radical (unpaired) electrons. The molecule has 2 aliphatic rings. The second-order valence-electron chi connectivity index (χ2n) is 6.44. The summed E-state index contributed by atoms with van der Waals surface area (Å²) in [6.45, 7) is 2.99. The van der Waals surface area contributed by atoms with Gasteiger partial charge in [-0.2, -0.15) is 5.26 Å². The molecular weight excluding hydrogens is 276 g/mol. The molecule has 0 aromatic heterocycles. The molecule has 22 heavy (non-hydrogen) atoms. The van der Waals surface area contributed by atoms with Crippen molar-refractivity contribution in [1.82, 2.24) is 4.90 Å². The second kappa shape index (κ2) is 5.57. The number of nitriles is 1. The number of amides is 1. The lowest BCUT2D eigenvalue weighted by Gasteiger charge is -2.33. The molecule has 114 valence electrons. The monoisotopic (exact) mass is 296 g/mol. The fourth-order valence-electron chi connectivity index (χ4n) is 3.23. The van der Waals surface area contributed by atoms with Gasteiger partial charge < -0.3 is 4.90 Å². The summed E-state index contributed by atoms with van der Waals surface area (Å²) >= 11 is 0. The molecule has 0 atom stereocenters. The first-order valence-electron chi connectivity index (χ1n) is 7.87. The molecule has 0 spiro atoms. The van der Waals surface area contributed by atoms with Crippen molar-refractivity contribution in [3.63, 3.8) is 0 Å². The number of ketones is 1. The molecule has 1 aromatic rings. The van der Waals surface area contributed by atoms with E-state index in [9.17, 15) is 9.59 Å². The summed E-state index contributed by atoms with van der Waals surface area (Å²) in [5.41, 5.74) is 1.22. The third-order valence-corrected chi connectivity index (χ3v) is 4.92. The standard InChI is InChI=1S/C18H20N2O2/c1-13(21)15-3-2-4-16(11-15)14-5-9-20(10-6-14)17(22)18(12-19)7-8-18/h2-4,11,14H,5-10H2,1H3. The molecule has 1 saturated carbocycles. The van der Waals surface area contributed by atoms with Crippen LogP contribution < -0.4 is 0 Å². The van der Waals surface area contributed by atoms with E-state index >= 15 is 0 Å². The van der Waals surface area contributed by atoms with Gasteiger partial charge in [0, 0.05) is 18.7 Å². The molecule has 0 unspecified atom stereocenters. The Morgan fingerprint density at radius 1 is 1.27 bits per heavy atom. The SMILES string of the molecule is CC(=O)c1cccc(C2CCN(C(=O)C3(C#N)CC3)CC2)c1. The van der Waals surface area contributed by atoms with Crippen molar-refractivity contribution in [1.29, 1.82) is 5.26 Å². The van der Waals surface area contributed by atoms with E-state index < -0.39 is 5.41 Å². The largest absolute Gasteiger partial charge is 0.341 e. The first-order chi connectivity index (χ1) is 10.6. The summed E-state index contributed by atoms with van der Waals surface area (Å²) in [7, 11) is 0. The van der Waals surface area contributed by atoms with Crippen LogP contribution in [0.5, 0.6) is 0 Å². The van der Waals surface area contributed by atoms with Gasteiger partial charge >= 0.3 is 0 Å². The molecule has 3 rings (SSSR count). The average molecular weight is 296 g/mol. The van der Waals surface area contributed by atoms with Crippen molar-refractivity contribution in [2.75, 3.05) is 13.1 Å². The van der Waals surface area contributed by atoms with E-state index in [2.05, 4.69) is 12.1 Å². The number of Topliss-reactive ketones (excluding diaryl/α,β-unsaturated/α-hetero) is 1. The number of hydrogen-bond donors (Lipinski definition) is 0. The Balaban J connectivity index is 1.65. The van der Waals surface area contributed by atoms with E-state index in [-0.39, 0.29) is 11.7 Å². The van der Waals surface area contributed by atoms with Gasteiger partial charge in [0.05, 0.1) is 6.07 Å². The van der Waals surface area contributed by atoms with Gasteiger partial charge in [-0.25, -0.2) is 0 Å². The summed E-state index contributed by atoms with van der Waals surface area (Å²) in [4.78, 5) is 25.7. The maximum atomic E-state index is 12.4. The van der Waals surface area contributed by atoms with E-state index in [1.165, 1.54) is 5.56 Å². The van der Waals surface area contributed by atoms with Crippen LogP contribution in [-0.2, 0) is 4.79 Å². The van der Waals surface area contributed by atoms with Crippen LogP contribution in [0.25, 0.3) is 0 Å². The van der Waals surface area contributed by atoms with Crippen LogP contribution in [0.15, 0.2) is 24.3 Å². The third-order valence-electron chi connectivity index (χ3n) is 4.92. The Morgan fingerprint density at radius 3 is 2.50 bits per heavy atom. The number of piperidine rings is 1. The van der Waals surface area contributed by atoms with Crippen molar-refractivity contribution in [3.8, 4) is 6.07 Å². The van der Waals surface area contributed by atoms with E-state index in [1.807, 2.05) is 23.1 Å². The van der Waals surface area contributed by atoms with Gasteiger partial charge in [0.1, 0.15) is 5.41 Å². The van der Waals surface area contributed by atoms with Crippen LogP contribution in [0.2, 0.25) is 0 Å². The van der Waals surface area contributed by atoms with E-state index in [4.69, 9.17) is 5.26 Å². The van der Waals surface area contributed by atoms with Gasteiger partial charge in [0.2, 0.25) is 5.91 Å². The van der Waals surface area contributed by atoms with Gasteiger partial charge in [0.25, 0.3) is 0 Å². The van der Waals surface area contributed by atoms with Crippen LogP contribution in [0.3, 0.4) is 0 Å². The molecule has 2 fully saturated rings. The zero-order valence-electron chi connectivity index (χ0n) is 12.8. The average Bonchev–Trinajstić information content (AvgIpc) is 3.35. The minimum Gasteiger partial charge on any atom is -0.341 e. The first-order valence-corrected chi connectivity index (χ1v) is 7.87. The minimum atomic E-state index is -0.707. The smallest absolute Gasteiger partial charge is 0.243 e. The number of carbonyl (C=O) groups is 2.